The van der Waals surface area contributed by atoms with Crippen molar-refractivity contribution in [3.8, 4) is 11.4 Å². The van der Waals surface area contributed by atoms with Gasteiger partial charge in [-0.2, -0.15) is 10.2 Å². The molecule has 5 rings (SSSR count). The number of Topliss-reactive ketones (excluding diaryl/α,β-unsaturated/α-hetero) is 1. The third-order valence-electron chi connectivity index (χ3n) is 4.92. The summed E-state index contributed by atoms with van der Waals surface area (Å²) in [6.07, 6.45) is 4.14. The Kier molecular flexibility index (Phi) is 4.78. The fraction of sp³-hybridized carbons (Fsp3) is 0.350. The molecular weight excluding hydrogens is 408 g/mol. The van der Waals surface area contributed by atoms with Crippen molar-refractivity contribution >= 4 is 23.5 Å². The van der Waals surface area contributed by atoms with E-state index in [1.807, 2.05) is 18.2 Å². The van der Waals surface area contributed by atoms with E-state index in [4.69, 9.17) is 14.0 Å². The molecule has 0 bridgehead atoms. The Balaban J connectivity index is 1.50. The molecule has 2 aliphatic rings. The summed E-state index contributed by atoms with van der Waals surface area (Å²) < 4.78 is 16.6. The Morgan fingerprint density at radius 2 is 2.07 bits per heavy atom. The van der Waals surface area contributed by atoms with Crippen LogP contribution in [0.4, 0.5) is 0 Å². The van der Waals surface area contributed by atoms with E-state index in [9.17, 15) is 9.59 Å². The highest BCUT2D eigenvalue weighted by atomic mass is 32.2. The standard InChI is InChI=1S/C20H18N4O5S/c1-2-27-20(26)16-15(18(29-23-16)11-6-7-11)17(25)13-10-30-14-5-3-4-12(19(14)28-13)24-21-8-9-22-24/h3-5,8-9,11,13H,2,6-7,10H2,1H3. The first-order valence-corrected chi connectivity index (χ1v) is 10.7. The first kappa shape index (κ1) is 18.9. The highest BCUT2D eigenvalue weighted by Crippen LogP contribution is 2.44. The van der Waals surface area contributed by atoms with Crippen molar-refractivity contribution < 1.29 is 23.6 Å². The van der Waals surface area contributed by atoms with Gasteiger partial charge in [-0.25, -0.2) is 4.79 Å². The van der Waals surface area contributed by atoms with E-state index in [-0.39, 0.29) is 29.6 Å². The monoisotopic (exact) mass is 426 g/mol. The minimum Gasteiger partial charge on any atom is -0.478 e. The number of esters is 1. The number of para-hydroxylation sites is 1. The quantitative estimate of drug-likeness (QED) is 0.434. The van der Waals surface area contributed by atoms with Crippen molar-refractivity contribution in [3.63, 3.8) is 0 Å². The second kappa shape index (κ2) is 7.60. The fourth-order valence-electron chi connectivity index (χ4n) is 3.37. The smallest absolute Gasteiger partial charge is 0.361 e. The number of ether oxygens (including phenoxy) is 2. The molecule has 1 unspecified atom stereocenters. The topological polar surface area (TPSA) is 109 Å². The second-order valence-electron chi connectivity index (χ2n) is 6.97. The van der Waals surface area contributed by atoms with Crippen LogP contribution in [0.5, 0.6) is 5.75 Å². The zero-order chi connectivity index (χ0) is 20.7. The summed E-state index contributed by atoms with van der Waals surface area (Å²) in [4.78, 5) is 28.2. The summed E-state index contributed by atoms with van der Waals surface area (Å²) in [6.45, 7) is 1.88. The molecule has 10 heteroatoms. The highest BCUT2D eigenvalue weighted by Gasteiger charge is 2.41. The first-order chi connectivity index (χ1) is 14.7. The normalized spacial score (nSPS) is 17.8. The zero-order valence-electron chi connectivity index (χ0n) is 16.1. The van der Waals surface area contributed by atoms with Gasteiger partial charge < -0.3 is 14.0 Å². The van der Waals surface area contributed by atoms with Gasteiger partial charge in [0, 0.05) is 11.7 Å². The summed E-state index contributed by atoms with van der Waals surface area (Å²) in [6, 6.07) is 5.64. The van der Waals surface area contributed by atoms with Gasteiger partial charge in [0.2, 0.25) is 11.5 Å². The SMILES string of the molecule is CCOC(=O)c1noc(C2CC2)c1C(=O)C1CSc2cccc(-n3nccn3)c2O1. The van der Waals surface area contributed by atoms with Gasteiger partial charge >= 0.3 is 5.97 Å². The average molecular weight is 426 g/mol. The molecule has 2 aromatic heterocycles. The number of ketones is 1. The third-order valence-corrected chi connectivity index (χ3v) is 6.02. The number of thioether (sulfide) groups is 1. The van der Waals surface area contributed by atoms with Crippen LogP contribution in [0, 0.1) is 0 Å². The molecule has 3 heterocycles. The lowest BCUT2D eigenvalue weighted by molar-refractivity contribution is 0.0510. The predicted molar refractivity (Wildman–Crippen MR) is 105 cm³/mol. The molecular formula is C20H18N4O5S. The van der Waals surface area contributed by atoms with Crippen LogP contribution >= 0.6 is 11.8 Å². The molecule has 30 heavy (non-hydrogen) atoms. The van der Waals surface area contributed by atoms with E-state index in [2.05, 4.69) is 15.4 Å². The van der Waals surface area contributed by atoms with Crippen LogP contribution in [0.25, 0.3) is 5.69 Å². The Bertz CT molecular complexity index is 1110. The number of hydrogen-bond acceptors (Lipinski definition) is 9. The molecule has 1 fully saturated rings. The molecule has 0 radical (unpaired) electrons. The van der Waals surface area contributed by atoms with Crippen LogP contribution < -0.4 is 4.74 Å². The van der Waals surface area contributed by atoms with Crippen molar-refractivity contribution in [2.45, 2.75) is 36.7 Å². The fourth-order valence-corrected chi connectivity index (χ4v) is 4.38. The number of aromatic nitrogens is 4. The molecule has 3 aromatic rings. The van der Waals surface area contributed by atoms with Gasteiger partial charge in [0.25, 0.3) is 0 Å². The van der Waals surface area contributed by atoms with Crippen molar-refractivity contribution in [2.75, 3.05) is 12.4 Å². The number of hydrogen-bond donors (Lipinski definition) is 0. The molecule has 1 aliphatic carbocycles. The lowest BCUT2D eigenvalue weighted by Gasteiger charge is -2.26. The maximum absolute atomic E-state index is 13.5. The van der Waals surface area contributed by atoms with Gasteiger partial charge in [0.05, 0.1) is 29.5 Å². The van der Waals surface area contributed by atoms with E-state index in [0.29, 0.717) is 22.9 Å². The minimum atomic E-state index is -0.802. The number of nitrogens with zero attached hydrogens (tertiary/aromatic N) is 4. The van der Waals surface area contributed by atoms with Crippen LogP contribution in [-0.2, 0) is 4.74 Å². The van der Waals surface area contributed by atoms with Crippen molar-refractivity contribution in [3.05, 3.63) is 47.6 Å². The molecule has 0 saturated heterocycles. The summed E-state index contributed by atoms with van der Waals surface area (Å²) in [5, 5.41) is 12.2. The van der Waals surface area contributed by atoms with Gasteiger partial charge in [-0.3, -0.25) is 4.79 Å². The maximum atomic E-state index is 13.5. The Labute approximate surface area is 175 Å². The van der Waals surface area contributed by atoms with E-state index in [1.165, 1.54) is 16.6 Å². The first-order valence-electron chi connectivity index (χ1n) is 9.67. The van der Waals surface area contributed by atoms with Gasteiger partial charge in [-0.05, 0) is 31.9 Å². The van der Waals surface area contributed by atoms with Crippen LogP contribution in [0.2, 0.25) is 0 Å². The van der Waals surface area contributed by atoms with Crippen molar-refractivity contribution in [1.29, 1.82) is 0 Å². The second-order valence-corrected chi connectivity index (χ2v) is 8.03. The number of benzene rings is 1. The lowest BCUT2D eigenvalue weighted by Crippen LogP contribution is -2.34. The van der Waals surface area contributed by atoms with E-state index in [0.717, 1.165) is 17.7 Å². The van der Waals surface area contributed by atoms with Crippen LogP contribution in [0.3, 0.4) is 0 Å². The summed E-state index contributed by atoms with van der Waals surface area (Å²) in [7, 11) is 0. The van der Waals surface area contributed by atoms with Crippen LogP contribution in [0.15, 0.2) is 40.0 Å². The Morgan fingerprint density at radius 1 is 1.27 bits per heavy atom. The largest absolute Gasteiger partial charge is 0.478 e. The molecule has 1 atom stereocenters. The Hall–Kier alpha value is -3.14. The maximum Gasteiger partial charge on any atom is 0.361 e. The van der Waals surface area contributed by atoms with Gasteiger partial charge in [-0.15, -0.1) is 16.6 Å². The molecule has 0 spiro atoms. The molecule has 9 nitrogen and oxygen atoms in total. The number of fused-ring (bicyclic) bond motifs is 1. The minimum absolute atomic E-state index is 0.0785. The van der Waals surface area contributed by atoms with Crippen molar-refractivity contribution in [2.24, 2.45) is 0 Å². The van der Waals surface area contributed by atoms with Gasteiger partial charge in [-0.1, -0.05) is 11.2 Å². The van der Waals surface area contributed by atoms with Crippen molar-refractivity contribution in [1.82, 2.24) is 20.2 Å². The van der Waals surface area contributed by atoms with E-state index in [1.54, 1.807) is 19.3 Å². The Morgan fingerprint density at radius 3 is 2.80 bits per heavy atom. The molecule has 1 saturated carbocycles. The molecule has 0 N–H and O–H groups in total. The third kappa shape index (κ3) is 3.26. The zero-order valence-corrected chi connectivity index (χ0v) is 16.9. The summed E-state index contributed by atoms with van der Waals surface area (Å²) in [5.74, 6) is 0.491. The summed E-state index contributed by atoms with van der Waals surface area (Å²) in [5.41, 5.74) is 0.741. The number of carbonyl (C=O) groups excluding carboxylic acids is 2. The molecule has 154 valence electrons. The van der Waals surface area contributed by atoms with Crippen LogP contribution in [0.1, 0.15) is 52.3 Å². The lowest BCUT2D eigenvalue weighted by atomic mass is 10.0. The van der Waals surface area contributed by atoms with E-state index >= 15 is 0 Å². The number of carbonyl (C=O) groups is 2. The average Bonchev–Trinajstić information content (AvgIpc) is 3.28. The number of rotatable bonds is 6. The predicted octanol–water partition coefficient (Wildman–Crippen LogP) is 3.05. The summed E-state index contributed by atoms with van der Waals surface area (Å²) >= 11 is 1.51. The van der Waals surface area contributed by atoms with Gasteiger partial charge in [0.15, 0.2) is 17.6 Å². The molecule has 0 amide bonds. The van der Waals surface area contributed by atoms with E-state index < -0.39 is 12.1 Å². The van der Waals surface area contributed by atoms with Gasteiger partial charge in [0.1, 0.15) is 5.69 Å². The van der Waals surface area contributed by atoms with Crippen LogP contribution in [-0.4, -0.2) is 50.4 Å². The highest BCUT2D eigenvalue weighted by molar-refractivity contribution is 7.99. The molecule has 1 aromatic carbocycles. The molecule has 1 aliphatic heterocycles.